The Hall–Kier alpha value is -3.93. The minimum Gasteiger partial charge on any atom is -0.455 e. The number of halogens is 1. The van der Waals surface area contributed by atoms with Crippen molar-refractivity contribution < 1.29 is 9.13 Å². The number of anilines is 4. The van der Waals surface area contributed by atoms with Gasteiger partial charge in [-0.25, -0.2) is 9.37 Å². The Kier molecular flexibility index (Phi) is 5.11. The van der Waals surface area contributed by atoms with E-state index in [-0.39, 0.29) is 5.82 Å². The van der Waals surface area contributed by atoms with Gasteiger partial charge in [-0.15, -0.1) is 0 Å². The molecular weight excluding hydrogens is 355 g/mol. The van der Waals surface area contributed by atoms with Gasteiger partial charge >= 0.3 is 0 Å². The summed E-state index contributed by atoms with van der Waals surface area (Å²) in [5.74, 6) is 2.03. The lowest BCUT2D eigenvalue weighted by atomic mass is 10.3. The van der Waals surface area contributed by atoms with Gasteiger partial charge in [-0.3, -0.25) is 0 Å². The SMILES string of the molecule is Fc1cccc(Nc2nccc(Nc3ccccc3Oc3ccccc3)n2)c1. The molecule has 0 amide bonds. The van der Waals surface area contributed by atoms with Crippen molar-refractivity contribution in [3.05, 3.63) is 96.9 Å². The number of hydrogen-bond acceptors (Lipinski definition) is 5. The third-order valence-electron chi connectivity index (χ3n) is 3.86. The van der Waals surface area contributed by atoms with E-state index >= 15 is 0 Å². The normalized spacial score (nSPS) is 10.3. The summed E-state index contributed by atoms with van der Waals surface area (Å²) in [6, 6.07) is 25.0. The molecule has 6 heteroatoms. The lowest BCUT2D eigenvalue weighted by Crippen LogP contribution is -2.01. The fourth-order valence-corrected chi connectivity index (χ4v) is 2.60. The lowest BCUT2D eigenvalue weighted by molar-refractivity contribution is 0.485. The Morgan fingerprint density at radius 1 is 0.786 bits per heavy atom. The molecule has 1 heterocycles. The van der Waals surface area contributed by atoms with Gasteiger partial charge in [-0.2, -0.15) is 4.98 Å². The third-order valence-corrected chi connectivity index (χ3v) is 3.86. The number of nitrogens with zero attached hydrogens (tertiary/aromatic N) is 2. The first-order chi connectivity index (χ1) is 13.8. The third kappa shape index (κ3) is 4.42. The van der Waals surface area contributed by atoms with Crippen molar-refractivity contribution in [1.29, 1.82) is 0 Å². The summed E-state index contributed by atoms with van der Waals surface area (Å²) >= 11 is 0. The van der Waals surface area contributed by atoms with Crippen LogP contribution in [0.4, 0.5) is 27.5 Å². The molecule has 0 radical (unpaired) electrons. The predicted molar refractivity (Wildman–Crippen MR) is 108 cm³/mol. The Labute approximate surface area is 161 Å². The smallest absolute Gasteiger partial charge is 0.229 e. The Bertz CT molecular complexity index is 1070. The molecule has 4 rings (SSSR count). The molecule has 4 aromatic rings. The van der Waals surface area contributed by atoms with Crippen LogP contribution in [0.5, 0.6) is 11.5 Å². The molecule has 0 spiro atoms. The van der Waals surface area contributed by atoms with Gasteiger partial charge < -0.3 is 15.4 Å². The Morgan fingerprint density at radius 3 is 2.46 bits per heavy atom. The largest absolute Gasteiger partial charge is 0.455 e. The fraction of sp³-hybridized carbons (Fsp3) is 0. The van der Waals surface area contributed by atoms with Gasteiger partial charge in [0.2, 0.25) is 5.95 Å². The molecule has 0 unspecified atom stereocenters. The van der Waals surface area contributed by atoms with Crippen LogP contribution in [-0.2, 0) is 0 Å². The summed E-state index contributed by atoms with van der Waals surface area (Å²) in [6.45, 7) is 0. The van der Waals surface area contributed by atoms with Crippen molar-refractivity contribution in [2.45, 2.75) is 0 Å². The Morgan fingerprint density at radius 2 is 1.61 bits per heavy atom. The van der Waals surface area contributed by atoms with E-state index in [9.17, 15) is 4.39 Å². The summed E-state index contributed by atoms with van der Waals surface area (Å²) in [5.41, 5.74) is 1.34. The molecule has 0 saturated carbocycles. The molecule has 0 bridgehead atoms. The molecule has 28 heavy (non-hydrogen) atoms. The number of ether oxygens (including phenoxy) is 1. The van der Waals surface area contributed by atoms with Gasteiger partial charge in [0, 0.05) is 11.9 Å². The molecule has 0 aliphatic rings. The van der Waals surface area contributed by atoms with E-state index in [4.69, 9.17) is 4.74 Å². The van der Waals surface area contributed by atoms with Crippen LogP contribution in [0.3, 0.4) is 0 Å². The molecule has 0 aliphatic carbocycles. The first kappa shape index (κ1) is 17.5. The van der Waals surface area contributed by atoms with Crippen LogP contribution in [0, 0.1) is 5.82 Å². The van der Waals surface area contributed by atoms with Gasteiger partial charge in [-0.1, -0.05) is 36.4 Å². The van der Waals surface area contributed by atoms with Crippen LogP contribution in [0.25, 0.3) is 0 Å². The number of nitrogens with one attached hydrogen (secondary N) is 2. The van der Waals surface area contributed by atoms with Crippen molar-refractivity contribution in [3.63, 3.8) is 0 Å². The second-order valence-corrected chi connectivity index (χ2v) is 5.94. The molecule has 0 atom stereocenters. The van der Waals surface area contributed by atoms with E-state index in [0.717, 1.165) is 11.4 Å². The van der Waals surface area contributed by atoms with Gasteiger partial charge in [0.05, 0.1) is 5.69 Å². The molecule has 2 N–H and O–H groups in total. The second-order valence-electron chi connectivity index (χ2n) is 5.94. The van der Waals surface area contributed by atoms with Gasteiger partial charge in [0.15, 0.2) is 5.75 Å². The first-order valence-electron chi connectivity index (χ1n) is 8.71. The first-order valence-corrected chi connectivity index (χ1v) is 8.71. The standard InChI is InChI=1S/C22H17FN4O/c23-16-7-6-8-17(15-16)25-22-24-14-13-21(27-22)26-19-11-4-5-12-20(19)28-18-9-2-1-3-10-18/h1-15H,(H2,24,25,26,27). The maximum absolute atomic E-state index is 13.4. The molecule has 5 nitrogen and oxygen atoms in total. The summed E-state index contributed by atoms with van der Waals surface area (Å²) < 4.78 is 19.3. The van der Waals surface area contributed by atoms with Gasteiger partial charge in [0.25, 0.3) is 0 Å². The minimum atomic E-state index is -0.328. The molecule has 138 valence electrons. The van der Waals surface area contributed by atoms with Crippen LogP contribution in [-0.4, -0.2) is 9.97 Å². The predicted octanol–water partition coefficient (Wildman–Crippen LogP) is 5.90. The molecule has 0 saturated heterocycles. The van der Waals surface area contributed by atoms with E-state index in [1.165, 1.54) is 12.1 Å². The van der Waals surface area contributed by atoms with Gasteiger partial charge in [-0.05, 0) is 48.5 Å². The van der Waals surface area contributed by atoms with E-state index in [1.54, 1.807) is 24.4 Å². The maximum atomic E-state index is 13.4. The topological polar surface area (TPSA) is 59.1 Å². The van der Waals surface area contributed by atoms with Gasteiger partial charge in [0.1, 0.15) is 17.4 Å². The molecular formula is C22H17FN4O. The summed E-state index contributed by atoms with van der Waals surface area (Å²) in [7, 11) is 0. The second kappa shape index (κ2) is 8.18. The summed E-state index contributed by atoms with van der Waals surface area (Å²) in [4.78, 5) is 8.61. The highest BCUT2D eigenvalue weighted by Gasteiger charge is 2.07. The zero-order valence-electron chi connectivity index (χ0n) is 14.8. The van der Waals surface area contributed by atoms with Crippen LogP contribution < -0.4 is 15.4 Å². The van der Waals surface area contributed by atoms with E-state index < -0.39 is 0 Å². The van der Waals surface area contributed by atoms with E-state index in [2.05, 4.69) is 20.6 Å². The highest BCUT2D eigenvalue weighted by Crippen LogP contribution is 2.31. The van der Waals surface area contributed by atoms with Crippen molar-refractivity contribution in [2.24, 2.45) is 0 Å². The maximum Gasteiger partial charge on any atom is 0.229 e. The highest BCUT2D eigenvalue weighted by atomic mass is 19.1. The van der Waals surface area contributed by atoms with Crippen molar-refractivity contribution >= 4 is 23.1 Å². The van der Waals surface area contributed by atoms with Crippen LogP contribution in [0.1, 0.15) is 0 Å². The summed E-state index contributed by atoms with van der Waals surface area (Å²) in [6.07, 6.45) is 1.62. The number of para-hydroxylation sites is 3. The van der Waals surface area contributed by atoms with E-state index in [1.807, 2.05) is 54.6 Å². The van der Waals surface area contributed by atoms with Crippen LogP contribution in [0.15, 0.2) is 91.1 Å². The summed E-state index contributed by atoms with van der Waals surface area (Å²) in [5, 5.41) is 6.23. The lowest BCUT2D eigenvalue weighted by Gasteiger charge is -2.13. The van der Waals surface area contributed by atoms with Crippen molar-refractivity contribution in [3.8, 4) is 11.5 Å². The van der Waals surface area contributed by atoms with Crippen molar-refractivity contribution in [2.75, 3.05) is 10.6 Å². The zero-order chi connectivity index (χ0) is 19.2. The highest BCUT2D eigenvalue weighted by molar-refractivity contribution is 5.65. The Balaban J connectivity index is 1.53. The van der Waals surface area contributed by atoms with Crippen LogP contribution >= 0.6 is 0 Å². The van der Waals surface area contributed by atoms with Crippen molar-refractivity contribution in [1.82, 2.24) is 9.97 Å². The number of hydrogen-bond donors (Lipinski definition) is 2. The molecule has 3 aromatic carbocycles. The molecule has 0 aliphatic heterocycles. The molecule has 0 fully saturated rings. The average Bonchev–Trinajstić information content (AvgIpc) is 2.71. The van der Waals surface area contributed by atoms with Crippen LogP contribution in [0.2, 0.25) is 0 Å². The van der Waals surface area contributed by atoms with E-state index in [0.29, 0.717) is 23.2 Å². The average molecular weight is 372 g/mol. The number of rotatable bonds is 6. The number of aromatic nitrogens is 2. The minimum absolute atomic E-state index is 0.328. The monoisotopic (exact) mass is 372 g/mol. The zero-order valence-corrected chi connectivity index (χ0v) is 14.8. The fourth-order valence-electron chi connectivity index (χ4n) is 2.60. The number of benzene rings is 3. The molecule has 1 aromatic heterocycles. The quantitative estimate of drug-likeness (QED) is 0.442.